The predicted molar refractivity (Wildman–Crippen MR) is 123 cm³/mol. The van der Waals surface area contributed by atoms with Crippen molar-refractivity contribution in [2.45, 2.75) is 45.2 Å². The normalized spacial score (nSPS) is 16.0. The fourth-order valence-electron chi connectivity index (χ4n) is 4.15. The molecule has 1 saturated heterocycles. The fraction of sp³-hybridized carbons (Fsp3) is 0.440. The van der Waals surface area contributed by atoms with Crippen LogP contribution in [0.2, 0.25) is 0 Å². The van der Waals surface area contributed by atoms with Crippen molar-refractivity contribution >= 4 is 11.9 Å². The molecule has 178 valence electrons. The molecule has 2 aromatic rings. The Labute approximate surface area is 193 Å². The van der Waals surface area contributed by atoms with E-state index in [1.54, 1.807) is 18.2 Å². The van der Waals surface area contributed by atoms with Gasteiger partial charge in [-0.25, -0.2) is 9.18 Å². The summed E-state index contributed by atoms with van der Waals surface area (Å²) in [6.45, 7) is 5.72. The van der Waals surface area contributed by atoms with E-state index in [1.165, 1.54) is 12.1 Å². The van der Waals surface area contributed by atoms with E-state index in [1.807, 2.05) is 18.7 Å². The summed E-state index contributed by atoms with van der Waals surface area (Å²) >= 11 is 0. The summed E-state index contributed by atoms with van der Waals surface area (Å²) < 4.78 is 20.5. The zero-order chi connectivity index (χ0) is 24.0. The number of amides is 1. The van der Waals surface area contributed by atoms with Crippen LogP contribution in [0.1, 0.15) is 53.8 Å². The topological polar surface area (TPSA) is 99.1 Å². The SMILES string of the molecule is CC(C)N(C(=O)c1ccc(-c2cc(C(=O)O)ccc2F)c(OCCCO)c1)[C@@H]1CCCNC1. The number of aromatic carboxylic acids is 1. The number of nitrogens with zero attached hydrogens (tertiary/aromatic N) is 1. The highest BCUT2D eigenvalue weighted by molar-refractivity contribution is 5.96. The average molecular weight is 459 g/mol. The van der Waals surface area contributed by atoms with Crippen molar-refractivity contribution in [3.05, 3.63) is 53.3 Å². The number of aliphatic hydroxyl groups is 1. The van der Waals surface area contributed by atoms with Crippen molar-refractivity contribution in [3.8, 4) is 16.9 Å². The zero-order valence-corrected chi connectivity index (χ0v) is 19.0. The molecule has 1 fully saturated rings. The number of carbonyl (C=O) groups is 2. The van der Waals surface area contributed by atoms with Gasteiger partial charge in [0.2, 0.25) is 0 Å². The standard InChI is InChI=1S/C25H31FN2O5/c1-16(2)28(19-5-3-10-27-15-19)24(30)17-6-8-20(23(14-17)33-12-4-11-29)21-13-18(25(31)32)7-9-22(21)26/h6-9,13-14,16,19,27,29H,3-5,10-12,15H2,1-2H3,(H,31,32)/t19-/m1/s1. The van der Waals surface area contributed by atoms with E-state index in [4.69, 9.17) is 9.84 Å². The summed E-state index contributed by atoms with van der Waals surface area (Å²) in [6.07, 6.45) is 2.28. The second-order valence-corrected chi connectivity index (χ2v) is 8.44. The second kappa shape index (κ2) is 11.2. The van der Waals surface area contributed by atoms with Crippen LogP contribution in [-0.4, -0.2) is 65.4 Å². The Morgan fingerprint density at radius 2 is 1.94 bits per heavy atom. The zero-order valence-electron chi connectivity index (χ0n) is 19.0. The number of aliphatic hydroxyl groups excluding tert-OH is 1. The van der Waals surface area contributed by atoms with Gasteiger partial charge in [0.15, 0.2) is 0 Å². The molecule has 0 aromatic heterocycles. The van der Waals surface area contributed by atoms with Gasteiger partial charge in [-0.2, -0.15) is 0 Å². The van der Waals surface area contributed by atoms with Gasteiger partial charge >= 0.3 is 5.97 Å². The van der Waals surface area contributed by atoms with E-state index in [2.05, 4.69) is 5.32 Å². The van der Waals surface area contributed by atoms with Gasteiger partial charge < -0.3 is 25.2 Å². The molecule has 1 aliphatic heterocycles. The summed E-state index contributed by atoms with van der Waals surface area (Å²) in [6, 6.07) is 8.41. The molecule has 0 bridgehead atoms. The first-order chi connectivity index (χ1) is 15.8. The van der Waals surface area contributed by atoms with Crippen molar-refractivity contribution in [1.82, 2.24) is 10.2 Å². The van der Waals surface area contributed by atoms with Gasteiger partial charge in [-0.05, 0) is 69.6 Å². The number of nitrogens with one attached hydrogen (secondary N) is 1. The molecule has 0 aliphatic carbocycles. The average Bonchev–Trinajstić information content (AvgIpc) is 2.80. The van der Waals surface area contributed by atoms with E-state index >= 15 is 0 Å². The fourth-order valence-corrected chi connectivity index (χ4v) is 4.15. The van der Waals surface area contributed by atoms with Crippen LogP contribution < -0.4 is 10.1 Å². The minimum Gasteiger partial charge on any atom is -0.493 e. The summed E-state index contributed by atoms with van der Waals surface area (Å²) in [5.41, 5.74) is 0.779. The maximum Gasteiger partial charge on any atom is 0.335 e. The molecule has 1 amide bonds. The summed E-state index contributed by atoms with van der Waals surface area (Å²) in [5, 5.41) is 21.8. The number of piperidine rings is 1. The molecule has 1 heterocycles. The van der Waals surface area contributed by atoms with E-state index < -0.39 is 11.8 Å². The molecule has 2 aromatic carbocycles. The van der Waals surface area contributed by atoms with Crippen molar-refractivity contribution in [2.24, 2.45) is 0 Å². The number of carboxylic acids is 1. The van der Waals surface area contributed by atoms with Crippen molar-refractivity contribution in [1.29, 1.82) is 0 Å². The lowest BCUT2D eigenvalue weighted by molar-refractivity contribution is 0.0572. The van der Waals surface area contributed by atoms with Crippen LogP contribution in [0.25, 0.3) is 11.1 Å². The smallest absolute Gasteiger partial charge is 0.335 e. The van der Waals surface area contributed by atoms with Crippen LogP contribution in [0.5, 0.6) is 5.75 Å². The van der Waals surface area contributed by atoms with Gasteiger partial charge in [0.05, 0.1) is 12.2 Å². The first-order valence-corrected chi connectivity index (χ1v) is 11.3. The Hall–Kier alpha value is -2.97. The van der Waals surface area contributed by atoms with E-state index in [0.29, 0.717) is 17.5 Å². The highest BCUT2D eigenvalue weighted by Gasteiger charge is 2.29. The number of carbonyl (C=O) groups excluding carboxylic acids is 1. The highest BCUT2D eigenvalue weighted by Crippen LogP contribution is 2.34. The van der Waals surface area contributed by atoms with Crippen molar-refractivity contribution in [3.63, 3.8) is 0 Å². The second-order valence-electron chi connectivity index (χ2n) is 8.44. The number of benzene rings is 2. The molecular formula is C25H31FN2O5. The number of carboxylic acid groups (broad SMARTS) is 1. The number of rotatable bonds is 9. The maximum atomic E-state index is 14.7. The van der Waals surface area contributed by atoms with Gasteiger partial charge in [0, 0.05) is 48.3 Å². The summed E-state index contributed by atoms with van der Waals surface area (Å²) in [4.78, 5) is 26.7. The van der Waals surface area contributed by atoms with Crippen LogP contribution in [0.4, 0.5) is 4.39 Å². The molecule has 1 atom stereocenters. The maximum absolute atomic E-state index is 14.7. The largest absolute Gasteiger partial charge is 0.493 e. The quantitative estimate of drug-likeness (QED) is 0.497. The lowest BCUT2D eigenvalue weighted by Crippen LogP contribution is -2.51. The summed E-state index contributed by atoms with van der Waals surface area (Å²) in [5.74, 6) is -1.64. The molecule has 8 heteroatoms. The van der Waals surface area contributed by atoms with Crippen LogP contribution in [0.15, 0.2) is 36.4 Å². The monoisotopic (exact) mass is 458 g/mol. The van der Waals surface area contributed by atoms with Crippen molar-refractivity contribution < 1.29 is 28.9 Å². The predicted octanol–water partition coefficient (Wildman–Crippen LogP) is 3.55. The van der Waals surface area contributed by atoms with Gasteiger partial charge in [-0.1, -0.05) is 0 Å². The number of ether oxygens (including phenoxy) is 1. The lowest BCUT2D eigenvalue weighted by Gasteiger charge is -2.37. The third-order valence-electron chi connectivity index (χ3n) is 5.75. The number of hydrogen-bond donors (Lipinski definition) is 3. The molecule has 1 aliphatic rings. The molecule has 3 N–H and O–H groups in total. The Bertz CT molecular complexity index is 989. The third kappa shape index (κ3) is 5.89. The van der Waals surface area contributed by atoms with Gasteiger partial charge in [0.1, 0.15) is 11.6 Å². The Morgan fingerprint density at radius 3 is 2.58 bits per heavy atom. The molecule has 0 spiro atoms. The Balaban J connectivity index is 2.01. The molecule has 33 heavy (non-hydrogen) atoms. The number of halogens is 1. The minimum atomic E-state index is -1.17. The van der Waals surface area contributed by atoms with E-state index in [9.17, 15) is 19.1 Å². The van der Waals surface area contributed by atoms with Crippen molar-refractivity contribution in [2.75, 3.05) is 26.3 Å². The molecular weight excluding hydrogens is 427 g/mol. The highest BCUT2D eigenvalue weighted by atomic mass is 19.1. The molecule has 0 saturated carbocycles. The molecule has 0 radical (unpaired) electrons. The van der Waals surface area contributed by atoms with Crippen LogP contribution >= 0.6 is 0 Å². The van der Waals surface area contributed by atoms with Crippen LogP contribution in [0, 0.1) is 5.82 Å². The minimum absolute atomic E-state index is 0.00877. The van der Waals surface area contributed by atoms with Crippen LogP contribution in [-0.2, 0) is 0 Å². The Kier molecular flexibility index (Phi) is 8.41. The first kappa shape index (κ1) is 24.7. The Morgan fingerprint density at radius 1 is 1.18 bits per heavy atom. The van der Waals surface area contributed by atoms with E-state index in [-0.39, 0.29) is 48.1 Å². The lowest BCUT2D eigenvalue weighted by atomic mass is 9.98. The van der Waals surface area contributed by atoms with E-state index in [0.717, 1.165) is 32.0 Å². The molecule has 3 rings (SSSR count). The molecule has 0 unspecified atom stereocenters. The number of hydrogen-bond acceptors (Lipinski definition) is 5. The third-order valence-corrected chi connectivity index (χ3v) is 5.75. The van der Waals surface area contributed by atoms with Gasteiger partial charge in [-0.3, -0.25) is 4.79 Å². The summed E-state index contributed by atoms with van der Waals surface area (Å²) in [7, 11) is 0. The van der Waals surface area contributed by atoms with Gasteiger partial charge in [0.25, 0.3) is 5.91 Å². The first-order valence-electron chi connectivity index (χ1n) is 11.3. The van der Waals surface area contributed by atoms with Crippen LogP contribution in [0.3, 0.4) is 0 Å². The molecule has 7 nitrogen and oxygen atoms in total. The van der Waals surface area contributed by atoms with Gasteiger partial charge in [-0.15, -0.1) is 0 Å².